The molecule has 0 radical (unpaired) electrons. The summed E-state index contributed by atoms with van der Waals surface area (Å²) in [7, 11) is 2.98. The molecule has 0 aliphatic heterocycles. The second kappa shape index (κ2) is 24.2. The molecule has 5 atom stereocenters. The van der Waals surface area contributed by atoms with Crippen molar-refractivity contribution < 1.29 is 38.2 Å². The van der Waals surface area contributed by atoms with Crippen molar-refractivity contribution in [2.45, 2.75) is 62.8 Å². The van der Waals surface area contributed by atoms with Gasteiger partial charge in [-0.2, -0.15) is 20.5 Å². The van der Waals surface area contributed by atoms with Crippen molar-refractivity contribution in [3.05, 3.63) is 129 Å². The summed E-state index contributed by atoms with van der Waals surface area (Å²) < 4.78 is 10.8. The van der Waals surface area contributed by atoms with Crippen LogP contribution in [0.1, 0.15) is 88.2 Å². The van der Waals surface area contributed by atoms with Gasteiger partial charge in [0.05, 0.1) is 41.7 Å². The van der Waals surface area contributed by atoms with Crippen molar-refractivity contribution in [1.82, 2.24) is 0 Å². The van der Waals surface area contributed by atoms with E-state index in [9.17, 15) is 28.8 Å². The van der Waals surface area contributed by atoms with Gasteiger partial charge < -0.3 is 30.7 Å². The number of anilines is 4. The number of azo groups is 2. The molecule has 5 aromatic carbocycles. The molecule has 5 rings (SSSR count). The number of halogens is 5. The molecular formula is C48H45Cl5N8O8. The fourth-order valence-corrected chi connectivity index (χ4v) is 7.55. The number of rotatable bonds is 19. The van der Waals surface area contributed by atoms with Gasteiger partial charge >= 0.3 is 0 Å². The Morgan fingerprint density at radius 2 is 0.884 bits per heavy atom. The number of ketones is 2. The van der Waals surface area contributed by atoms with Gasteiger partial charge in [-0.05, 0) is 107 Å². The summed E-state index contributed by atoms with van der Waals surface area (Å²) in [5.41, 5.74) is 3.40. The van der Waals surface area contributed by atoms with Gasteiger partial charge in [0.1, 0.15) is 11.5 Å². The Morgan fingerprint density at radius 1 is 0.493 bits per heavy atom. The second-order valence-corrected chi connectivity index (χ2v) is 18.1. The predicted molar refractivity (Wildman–Crippen MR) is 269 cm³/mol. The molecule has 0 aliphatic carbocycles. The number of nitrogens with zero attached hydrogens (tertiary/aromatic N) is 4. The Balaban J connectivity index is 1.27. The lowest BCUT2D eigenvalue weighted by molar-refractivity contribution is -0.127. The highest BCUT2D eigenvalue weighted by Gasteiger charge is 2.27. The molecule has 0 saturated heterocycles. The Bertz CT molecular complexity index is 2860. The Labute approximate surface area is 422 Å². The molecule has 4 N–H and O–H groups in total. The molecule has 0 heterocycles. The maximum atomic E-state index is 13.5. The largest absolute Gasteiger partial charge is 0.496 e. The minimum absolute atomic E-state index is 0.0798. The predicted octanol–water partition coefficient (Wildman–Crippen LogP) is 12.8. The van der Waals surface area contributed by atoms with Gasteiger partial charge in [-0.1, -0.05) is 35.3 Å². The summed E-state index contributed by atoms with van der Waals surface area (Å²) in [6.45, 7) is 7.50. The van der Waals surface area contributed by atoms with Crippen LogP contribution in [-0.2, 0) is 19.2 Å². The van der Waals surface area contributed by atoms with Crippen LogP contribution in [0.5, 0.6) is 11.5 Å². The Hall–Kier alpha value is -6.43. The number of benzene rings is 5. The Kier molecular flexibility index (Phi) is 18.8. The highest BCUT2D eigenvalue weighted by atomic mass is 35.5. The fraction of sp³-hybridized carbons (Fsp3) is 0.250. The number of hydrogen-bond donors (Lipinski definition) is 4. The smallest absolute Gasteiger partial charge is 0.258 e. The molecule has 360 valence electrons. The highest BCUT2D eigenvalue weighted by Crippen LogP contribution is 2.35. The molecule has 0 saturated carbocycles. The van der Waals surface area contributed by atoms with Gasteiger partial charge in [0.25, 0.3) is 23.6 Å². The number of alkyl halides is 3. The molecule has 0 bridgehead atoms. The molecule has 16 nitrogen and oxygen atoms in total. The first kappa shape index (κ1) is 53.5. The van der Waals surface area contributed by atoms with E-state index >= 15 is 0 Å². The van der Waals surface area contributed by atoms with Crippen molar-refractivity contribution in [2.75, 3.05) is 35.5 Å². The van der Waals surface area contributed by atoms with Crippen LogP contribution in [0.3, 0.4) is 0 Å². The van der Waals surface area contributed by atoms with Crippen LogP contribution in [0.25, 0.3) is 0 Å². The summed E-state index contributed by atoms with van der Waals surface area (Å²) in [5.74, 6) is -3.13. The van der Waals surface area contributed by atoms with E-state index in [2.05, 4.69) is 41.7 Å². The summed E-state index contributed by atoms with van der Waals surface area (Å²) in [6, 6.07) is 19.5. The number of amides is 4. The summed E-state index contributed by atoms with van der Waals surface area (Å²) in [6.07, 6.45) is 0. The maximum absolute atomic E-state index is 13.5. The zero-order valence-corrected chi connectivity index (χ0v) is 41.8. The number of carbonyl (C=O) groups is 6. The summed E-state index contributed by atoms with van der Waals surface area (Å²) in [4.78, 5) is 78.8. The standard InChI is InChI=1S/C48H45Cl5N8O8/c1-23(49)37-11-8-33(21-41(37)68-6)54-45(64)28-14-30(52)18-35(16-28)58-60-43(26(4)62)47(66)56-32-10-13-40(39(20-32)25(3)51)57-48(67)44(27(5)63)61-59-36-17-29(15-31(53)19-36)46(65)55-34-9-12-38(24(2)50)42(22-34)69-7/h8-25,43-44H,1-7H3,(H,54,64)(H,55,65)(H,56,66)(H,57,67). The zero-order valence-electron chi connectivity index (χ0n) is 38.0. The minimum atomic E-state index is -1.64. The molecule has 0 aliphatic rings. The number of Topliss-reactive ketones (excluding diaryl/α,β-unsaturated/α-hetero) is 2. The maximum Gasteiger partial charge on any atom is 0.258 e. The minimum Gasteiger partial charge on any atom is -0.496 e. The van der Waals surface area contributed by atoms with Crippen molar-refractivity contribution in [3.8, 4) is 11.5 Å². The number of methoxy groups -OCH3 is 2. The molecule has 0 fully saturated rings. The summed E-state index contributed by atoms with van der Waals surface area (Å²) >= 11 is 31.6. The lowest BCUT2D eigenvalue weighted by Crippen LogP contribution is -2.32. The monoisotopic (exact) mass is 1040 g/mol. The summed E-state index contributed by atoms with van der Waals surface area (Å²) in [5, 5.41) is 25.7. The molecule has 21 heteroatoms. The first-order valence-electron chi connectivity index (χ1n) is 20.8. The van der Waals surface area contributed by atoms with E-state index in [0.717, 1.165) is 25.0 Å². The SMILES string of the molecule is COc1cc(NC(=O)c2cc(Cl)cc(N=NC(C(C)=O)C(=O)Nc3ccc(NC(=O)C(N=Nc4cc(Cl)cc(C(=O)Nc5ccc(C(C)Cl)c(OC)c5)c4)C(C)=O)c(C(C)Cl)c3)c2)ccc1C(C)Cl. The fourth-order valence-electron chi connectivity index (χ4n) is 6.55. The van der Waals surface area contributed by atoms with E-state index in [1.165, 1.54) is 68.8 Å². The number of ether oxygens (including phenoxy) is 2. The highest BCUT2D eigenvalue weighted by molar-refractivity contribution is 6.32. The third kappa shape index (κ3) is 14.5. The topological polar surface area (TPSA) is 218 Å². The molecule has 5 aromatic rings. The molecule has 69 heavy (non-hydrogen) atoms. The van der Waals surface area contributed by atoms with E-state index < -0.39 is 52.7 Å². The number of carbonyl (C=O) groups excluding carboxylic acids is 6. The van der Waals surface area contributed by atoms with Crippen LogP contribution < -0.4 is 30.7 Å². The molecule has 4 amide bonds. The lowest BCUT2D eigenvalue weighted by Gasteiger charge is -2.17. The zero-order chi connectivity index (χ0) is 50.7. The molecular weight excluding hydrogens is 994 g/mol. The van der Waals surface area contributed by atoms with Crippen LogP contribution in [0.2, 0.25) is 10.0 Å². The van der Waals surface area contributed by atoms with Crippen molar-refractivity contribution >= 4 is 127 Å². The normalized spacial score (nSPS) is 13.4. The van der Waals surface area contributed by atoms with Gasteiger partial charge in [-0.3, -0.25) is 28.8 Å². The van der Waals surface area contributed by atoms with E-state index in [0.29, 0.717) is 28.4 Å². The van der Waals surface area contributed by atoms with E-state index in [4.69, 9.17) is 67.5 Å². The van der Waals surface area contributed by atoms with E-state index in [1.54, 1.807) is 57.2 Å². The second-order valence-electron chi connectivity index (χ2n) is 15.3. The number of hydrogen-bond acceptors (Lipinski definition) is 12. The molecule has 0 aromatic heterocycles. The van der Waals surface area contributed by atoms with Crippen molar-refractivity contribution in [2.24, 2.45) is 20.5 Å². The van der Waals surface area contributed by atoms with E-state index in [-0.39, 0.29) is 54.7 Å². The third-order valence-corrected chi connectivity index (χ3v) is 11.1. The first-order valence-corrected chi connectivity index (χ1v) is 22.8. The van der Waals surface area contributed by atoms with Crippen LogP contribution in [0, 0.1) is 0 Å². The quantitative estimate of drug-likeness (QED) is 0.0353. The van der Waals surface area contributed by atoms with Crippen LogP contribution in [0.15, 0.2) is 111 Å². The van der Waals surface area contributed by atoms with Gasteiger partial charge in [0.2, 0.25) is 12.1 Å². The van der Waals surface area contributed by atoms with Crippen LogP contribution >= 0.6 is 58.0 Å². The average Bonchev–Trinajstić information content (AvgIpc) is 3.28. The van der Waals surface area contributed by atoms with Gasteiger partial charge in [-0.25, -0.2) is 0 Å². The number of nitrogens with one attached hydrogen (secondary N) is 4. The van der Waals surface area contributed by atoms with Crippen molar-refractivity contribution in [1.29, 1.82) is 0 Å². The lowest BCUT2D eigenvalue weighted by atomic mass is 10.1. The van der Waals surface area contributed by atoms with Gasteiger partial charge in [-0.15, -0.1) is 34.8 Å². The van der Waals surface area contributed by atoms with E-state index in [1.807, 2.05) is 0 Å². The van der Waals surface area contributed by atoms with Gasteiger partial charge in [0.15, 0.2) is 11.6 Å². The van der Waals surface area contributed by atoms with Gasteiger partial charge in [0, 0.05) is 67.2 Å². The van der Waals surface area contributed by atoms with Crippen LogP contribution in [0.4, 0.5) is 34.1 Å². The van der Waals surface area contributed by atoms with Crippen LogP contribution in [-0.4, -0.2) is 61.5 Å². The Morgan fingerprint density at radius 3 is 1.28 bits per heavy atom. The molecule has 0 spiro atoms. The first-order chi connectivity index (χ1) is 32.7. The third-order valence-electron chi connectivity index (χ3n) is 9.98. The van der Waals surface area contributed by atoms with Crippen molar-refractivity contribution in [3.63, 3.8) is 0 Å². The average molecular weight is 1040 g/mol. The molecule has 5 unspecified atom stereocenters.